The van der Waals surface area contributed by atoms with Crippen LogP contribution < -0.4 is 18.9 Å². The Morgan fingerprint density at radius 3 is 2.27 bits per heavy atom. The lowest BCUT2D eigenvalue weighted by Crippen LogP contribution is -2.12. The third kappa shape index (κ3) is 8.46. The second-order valence-corrected chi connectivity index (χ2v) is 9.02. The maximum atomic E-state index is 13.0. The van der Waals surface area contributed by atoms with Crippen molar-refractivity contribution in [3.8, 4) is 34.5 Å². The molecule has 0 aliphatic carbocycles. The van der Waals surface area contributed by atoms with Crippen molar-refractivity contribution in [1.29, 1.82) is 0 Å². The van der Waals surface area contributed by atoms with Crippen molar-refractivity contribution in [3.05, 3.63) is 68.8 Å². The number of alkyl halides is 3. The number of nitrogens with zero attached hydrogens (tertiary/aromatic N) is 2. The molecule has 0 radical (unpaired) electrons. The van der Waals surface area contributed by atoms with Crippen molar-refractivity contribution in [3.63, 3.8) is 0 Å². The van der Waals surface area contributed by atoms with E-state index in [4.69, 9.17) is 65.4 Å². The van der Waals surface area contributed by atoms with E-state index in [1.54, 1.807) is 18.2 Å². The minimum Gasteiger partial charge on any atom is -0.490 e. The molecule has 198 valence electrons. The normalized spacial score (nSPS) is 11.1. The van der Waals surface area contributed by atoms with Gasteiger partial charge in [0.25, 0.3) is 0 Å². The molecule has 1 aromatic heterocycles. The first-order valence-electron chi connectivity index (χ1n) is 10.6. The molecule has 3 aromatic rings. The molecule has 0 saturated heterocycles. The number of rotatable bonds is 11. The van der Waals surface area contributed by atoms with E-state index in [0.717, 1.165) is 12.7 Å². The van der Waals surface area contributed by atoms with Crippen molar-refractivity contribution in [1.82, 2.24) is 9.97 Å². The van der Waals surface area contributed by atoms with E-state index in [9.17, 15) is 13.2 Å². The Kier molecular flexibility index (Phi) is 10.4. The molecule has 1 heterocycles. The molecule has 0 aliphatic heterocycles. The number of para-hydroxylation sites is 1. The summed E-state index contributed by atoms with van der Waals surface area (Å²) < 4.78 is 60.4. The van der Waals surface area contributed by atoms with Crippen molar-refractivity contribution < 1.29 is 32.1 Å². The van der Waals surface area contributed by atoms with Crippen LogP contribution in [0.2, 0.25) is 10.0 Å². The summed E-state index contributed by atoms with van der Waals surface area (Å²) in [5.74, 6) is 0.552. The Balaban J connectivity index is 1.62. The van der Waals surface area contributed by atoms with Gasteiger partial charge < -0.3 is 18.9 Å². The van der Waals surface area contributed by atoms with Crippen LogP contribution >= 0.6 is 46.4 Å². The van der Waals surface area contributed by atoms with E-state index in [1.165, 1.54) is 6.08 Å². The molecule has 0 aliphatic rings. The van der Waals surface area contributed by atoms with Crippen LogP contribution in [-0.2, 0) is 6.18 Å². The molecule has 0 atom stereocenters. The largest absolute Gasteiger partial charge is 0.490 e. The van der Waals surface area contributed by atoms with E-state index in [0.29, 0.717) is 23.8 Å². The fourth-order valence-corrected chi connectivity index (χ4v) is 3.73. The Hall–Kier alpha value is -2.59. The predicted octanol–water partition coefficient (Wildman–Crippen LogP) is 8.02. The Morgan fingerprint density at radius 1 is 0.946 bits per heavy atom. The average Bonchev–Trinajstić information content (AvgIpc) is 2.84. The number of aromatic nitrogens is 2. The zero-order valence-electron chi connectivity index (χ0n) is 19.1. The minimum atomic E-state index is -4.67. The maximum absolute atomic E-state index is 13.0. The lowest BCUT2D eigenvalue weighted by atomic mass is 10.0. The molecule has 0 saturated carbocycles. The van der Waals surface area contributed by atoms with Crippen LogP contribution in [0.4, 0.5) is 13.2 Å². The smallest absolute Gasteiger partial charge is 0.433 e. The van der Waals surface area contributed by atoms with Gasteiger partial charge in [-0.3, -0.25) is 0 Å². The highest BCUT2D eigenvalue weighted by Gasteiger charge is 2.34. The van der Waals surface area contributed by atoms with Gasteiger partial charge in [0.15, 0.2) is 11.4 Å². The second-order valence-electron chi connectivity index (χ2n) is 7.20. The predicted molar refractivity (Wildman–Crippen MR) is 136 cm³/mol. The third-order valence-corrected chi connectivity index (χ3v) is 5.48. The summed E-state index contributed by atoms with van der Waals surface area (Å²) in [7, 11) is 1.16. The van der Waals surface area contributed by atoms with Crippen molar-refractivity contribution >= 4 is 46.4 Å². The topological polar surface area (TPSA) is 62.7 Å². The van der Waals surface area contributed by atoms with Crippen LogP contribution in [-0.4, -0.2) is 36.9 Å². The van der Waals surface area contributed by atoms with Gasteiger partial charge in [0.2, 0.25) is 5.88 Å². The van der Waals surface area contributed by atoms with Gasteiger partial charge in [0.05, 0.1) is 30.4 Å². The highest BCUT2D eigenvalue weighted by Crippen LogP contribution is 2.40. The van der Waals surface area contributed by atoms with Gasteiger partial charge in [-0.1, -0.05) is 64.6 Å². The molecule has 0 N–H and O–H groups in total. The summed E-state index contributed by atoms with van der Waals surface area (Å²) in [6, 6.07) is 10.9. The molecule has 0 spiro atoms. The first-order valence-corrected chi connectivity index (χ1v) is 12.1. The molecule has 6 nitrogen and oxygen atoms in total. The fraction of sp³-hybridized carbons (Fsp3) is 0.250. The van der Waals surface area contributed by atoms with E-state index in [2.05, 4.69) is 9.97 Å². The van der Waals surface area contributed by atoms with E-state index in [-0.39, 0.29) is 46.0 Å². The van der Waals surface area contributed by atoms with Gasteiger partial charge in [0.1, 0.15) is 16.8 Å². The SMILES string of the molecule is COc1nc(OCCCOc2c(Cl)cc(-c3ccccc3OCC=C(Cl)Cl)cc2Cl)cc(C(F)(F)F)n1. The Labute approximate surface area is 230 Å². The molecule has 0 amide bonds. The van der Waals surface area contributed by atoms with Crippen LogP contribution in [0.15, 0.2) is 53.0 Å². The maximum Gasteiger partial charge on any atom is 0.433 e. The first kappa shape index (κ1) is 29.0. The van der Waals surface area contributed by atoms with Gasteiger partial charge in [-0.15, -0.1) is 0 Å². The summed E-state index contributed by atoms with van der Waals surface area (Å²) in [6.07, 6.45) is -2.86. The molecule has 0 bridgehead atoms. The quantitative estimate of drug-likeness (QED) is 0.209. The van der Waals surface area contributed by atoms with Gasteiger partial charge in [-0.2, -0.15) is 23.1 Å². The number of methoxy groups -OCH3 is 1. The van der Waals surface area contributed by atoms with Crippen LogP contribution in [0, 0.1) is 0 Å². The number of halogens is 7. The van der Waals surface area contributed by atoms with Crippen LogP contribution in [0.3, 0.4) is 0 Å². The molecular weight excluding hydrogens is 579 g/mol. The number of hydrogen-bond donors (Lipinski definition) is 0. The van der Waals surface area contributed by atoms with Gasteiger partial charge >= 0.3 is 12.2 Å². The van der Waals surface area contributed by atoms with Crippen molar-refractivity contribution in [2.24, 2.45) is 0 Å². The van der Waals surface area contributed by atoms with E-state index < -0.39 is 17.9 Å². The Morgan fingerprint density at radius 2 is 1.62 bits per heavy atom. The minimum absolute atomic E-state index is 0.0102. The van der Waals surface area contributed by atoms with Crippen LogP contribution in [0.1, 0.15) is 12.1 Å². The highest BCUT2D eigenvalue weighted by atomic mass is 35.5. The summed E-state index contributed by atoms with van der Waals surface area (Å²) in [4.78, 5) is 7.03. The van der Waals surface area contributed by atoms with Crippen LogP contribution in [0.25, 0.3) is 11.1 Å². The van der Waals surface area contributed by atoms with E-state index >= 15 is 0 Å². The third-order valence-electron chi connectivity index (χ3n) is 4.61. The number of benzene rings is 2. The highest BCUT2D eigenvalue weighted by molar-refractivity contribution is 6.55. The van der Waals surface area contributed by atoms with Gasteiger partial charge in [0, 0.05) is 18.1 Å². The lowest BCUT2D eigenvalue weighted by molar-refractivity contribution is -0.141. The zero-order chi connectivity index (χ0) is 27.0. The summed E-state index contributed by atoms with van der Waals surface area (Å²) >= 11 is 24.1. The van der Waals surface area contributed by atoms with Crippen molar-refractivity contribution in [2.45, 2.75) is 12.6 Å². The summed E-state index contributed by atoms with van der Waals surface area (Å²) in [5.41, 5.74) is 0.264. The number of hydrogen-bond acceptors (Lipinski definition) is 6. The molecule has 0 unspecified atom stereocenters. The average molecular weight is 598 g/mol. The summed E-state index contributed by atoms with van der Waals surface area (Å²) in [6.45, 7) is 0.304. The second kappa shape index (κ2) is 13.3. The lowest BCUT2D eigenvalue weighted by Gasteiger charge is -2.14. The fourth-order valence-electron chi connectivity index (χ4n) is 3.00. The molecule has 3 rings (SSSR count). The standard InChI is InChI=1S/C24H19Cl4F3N2O4/c1-34-23-32-19(24(29,30)31)13-21(33-23)36-8-4-9-37-22-16(25)11-14(12-17(22)26)15-5-2-3-6-18(15)35-10-7-20(27)28/h2-3,5-7,11-13H,4,8-10H2,1H3. The molecular formula is C24H19Cl4F3N2O4. The summed E-state index contributed by atoms with van der Waals surface area (Å²) in [5, 5.41) is 0.523. The van der Waals surface area contributed by atoms with Crippen molar-refractivity contribution in [2.75, 3.05) is 26.9 Å². The van der Waals surface area contributed by atoms with Gasteiger partial charge in [-0.05, 0) is 29.8 Å². The van der Waals surface area contributed by atoms with E-state index in [1.807, 2.05) is 18.2 Å². The molecule has 37 heavy (non-hydrogen) atoms. The van der Waals surface area contributed by atoms with Gasteiger partial charge in [-0.25, -0.2) is 0 Å². The first-order chi connectivity index (χ1) is 17.6. The molecule has 13 heteroatoms. The monoisotopic (exact) mass is 596 g/mol. The zero-order valence-corrected chi connectivity index (χ0v) is 22.1. The number of ether oxygens (including phenoxy) is 4. The molecule has 0 fully saturated rings. The molecule has 2 aromatic carbocycles. The Bertz CT molecular complexity index is 1230. The van der Waals surface area contributed by atoms with Crippen LogP contribution in [0.5, 0.6) is 23.4 Å².